The Morgan fingerprint density at radius 2 is 0.918 bits per heavy atom. The third-order valence-corrected chi connectivity index (χ3v) is 10.8. The number of carbonyl (C=O) groups excluding carboxylic acids is 3. The van der Waals surface area contributed by atoms with Crippen LogP contribution in [0.3, 0.4) is 0 Å². The number of aromatic nitrogens is 2. The lowest BCUT2D eigenvalue weighted by atomic mass is 9.91. The summed E-state index contributed by atoms with van der Waals surface area (Å²) in [4.78, 5) is 55.6. The Morgan fingerprint density at radius 3 is 1.28 bits per heavy atom. The predicted molar refractivity (Wildman–Crippen MR) is 228 cm³/mol. The van der Waals surface area contributed by atoms with Crippen LogP contribution < -0.4 is 0 Å². The minimum atomic E-state index is -4.64. The van der Waals surface area contributed by atoms with Gasteiger partial charge in [0.1, 0.15) is 0 Å². The fraction of sp³-hybridized carbons (Fsp3) is 0.204. The van der Waals surface area contributed by atoms with Gasteiger partial charge >= 0.3 is 6.18 Å². The molecule has 0 spiro atoms. The SMILES string of the molecule is C.O=C1Cc2cc3c(cc2CN1Cc1ccccc1)C(c1ccncc1)=NC3.O=C1Cc2cc3c(cc2CN1Cc1ccccc1)C(c1ccncc1)=NC3.O=CC(F)(F)F. The van der Waals surface area contributed by atoms with Gasteiger partial charge < -0.3 is 9.80 Å². The highest BCUT2D eigenvalue weighted by molar-refractivity contribution is 6.16. The number of hydrogen-bond acceptors (Lipinski definition) is 7. The van der Waals surface area contributed by atoms with E-state index in [1.807, 2.05) is 70.5 Å². The maximum absolute atomic E-state index is 12.6. The highest BCUT2D eigenvalue weighted by Gasteiger charge is 2.29. The molecule has 2 aromatic heterocycles. The second kappa shape index (κ2) is 18.5. The fourth-order valence-corrected chi connectivity index (χ4v) is 7.85. The molecule has 0 radical (unpaired) electrons. The van der Waals surface area contributed by atoms with E-state index in [2.05, 4.69) is 58.5 Å². The molecule has 12 heteroatoms. The molecule has 2 amide bonds. The molecule has 4 aliphatic rings. The standard InChI is InChI=1S/2C23H19N3O.C2HF3O.CH4/c2*27-22-12-18-10-19-13-25-23(17-6-8-24-9-7-17)21(19)11-20(18)15-26(22)14-16-4-2-1-3-5-16;3-2(4,5)1-6;/h2*1-11H,12-15H2;1H;1H4. The van der Waals surface area contributed by atoms with Gasteiger partial charge in [0.05, 0.1) is 37.4 Å². The van der Waals surface area contributed by atoms with E-state index in [0.717, 1.165) is 44.8 Å². The molecule has 6 aromatic rings. The maximum Gasteiger partial charge on any atom is 0.446 e. The lowest BCUT2D eigenvalue weighted by molar-refractivity contribution is -0.156. The van der Waals surface area contributed by atoms with Crippen molar-refractivity contribution in [3.05, 3.63) is 201 Å². The van der Waals surface area contributed by atoms with Crippen LogP contribution in [-0.2, 0) is 66.5 Å². The zero-order chi connectivity index (χ0) is 41.6. The topological polar surface area (TPSA) is 108 Å². The minimum absolute atomic E-state index is 0. The molecule has 9 nitrogen and oxygen atoms in total. The summed E-state index contributed by atoms with van der Waals surface area (Å²) in [6.07, 6.45) is 2.44. The van der Waals surface area contributed by atoms with Crippen molar-refractivity contribution >= 4 is 29.5 Å². The van der Waals surface area contributed by atoms with E-state index in [1.54, 1.807) is 24.8 Å². The van der Waals surface area contributed by atoms with Gasteiger partial charge in [0, 0.05) is 73.2 Å². The quantitative estimate of drug-likeness (QED) is 0.157. The summed E-state index contributed by atoms with van der Waals surface area (Å²) < 4.78 is 31.2. The first-order valence-corrected chi connectivity index (χ1v) is 19.5. The van der Waals surface area contributed by atoms with Crippen LogP contribution >= 0.6 is 0 Å². The third-order valence-electron chi connectivity index (χ3n) is 10.8. The van der Waals surface area contributed by atoms with Crippen molar-refractivity contribution in [1.29, 1.82) is 0 Å². The number of nitrogens with zero attached hydrogens (tertiary/aromatic N) is 6. The van der Waals surface area contributed by atoms with Crippen LogP contribution in [0.5, 0.6) is 0 Å². The zero-order valence-electron chi connectivity index (χ0n) is 32.5. The molecule has 61 heavy (non-hydrogen) atoms. The number of halogens is 3. The van der Waals surface area contributed by atoms with Crippen LogP contribution in [0.25, 0.3) is 0 Å². The molecule has 0 bridgehead atoms. The Bertz CT molecular complexity index is 2430. The summed E-state index contributed by atoms with van der Waals surface area (Å²) in [7, 11) is 0. The van der Waals surface area contributed by atoms with Crippen molar-refractivity contribution in [3.63, 3.8) is 0 Å². The number of hydrogen-bond donors (Lipinski definition) is 0. The predicted octanol–water partition coefficient (Wildman–Crippen LogP) is 8.42. The Hall–Kier alpha value is -7.08. The van der Waals surface area contributed by atoms with Crippen LogP contribution in [0, 0.1) is 0 Å². The van der Waals surface area contributed by atoms with Crippen LogP contribution in [0.4, 0.5) is 13.2 Å². The van der Waals surface area contributed by atoms with Crippen molar-refractivity contribution in [1.82, 2.24) is 19.8 Å². The van der Waals surface area contributed by atoms with Crippen molar-refractivity contribution in [2.24, 2.45) is 9.98 Å². The van der Waals surface area contributed by atoms with Gasteiger partial charge in [-0.1, -0.05) is 80.2 Å². The molecular formula is C49H43F3N6O3. The summed E-state index contributed by atoms with van der Waals surface area (Å²) in [5.74, 6) is 0.388. The first-order chi connectivity index (χ1) is 29.1. The summed E-state index contributed by atoms with van der Waals surface area (Å²) in [5, 5.41) is 0. The van der Waals surface area contributed by atoms with E-state index in [-0.39, 0.29) is 19.2 Å². The van der Waals surface area contributed by atoms with Gasteiger partial charge in [0.2, 0.25) is 18.1 Å². The van der Waals surface area contributed by atoms with Gasteiger partial charge in [0.25, 0.3) is 0 Å². The second-order valence-electron chi connectivity index (χ2n) is 14.8. The average Bonchev–Trinajstić information content (AvgIpc) is 3.88. The molecule has 0 N–H and O–H groups in total. The highest BCUT2D eigenvalue weighted by Crippen LogP contribution is 2.32. The molecule has 4 aliphatic heterocycles. The molecule has 0 aliphatic carbocycles. The number of carbonyl (C=O) groups is 3. The number of pyridine rings is 2. The number of aliphatic imine (C=N–C) groups is 2. The van der Waals surface area contributed by atoms with Crippen molar-refractivity contribution < 1.29 is 27.6 Å². The van der Waals surface area contributed by atoms with Crippen LogP contribution in [-0.4, -0.2) is 55.5 Å². The molecule has 0 fully saturated rings. The Kier molecular flexibility index (Phi) is 12.7. The summed E-state index contributed by atoms with van der Waals surface area (Å²) in [6.45, 7) is 3.98. The lowest BCUT2D eigenvalue weighted by Crippen LogP contribution is -2.35. The zero-order valence-corrected chi connectivity index (χ0v) is 32.5. The number of alkyl halides is 3. The number of amides is 2. The van der Waals surface area contributed by atoms with Gasteiger partial charge in [0.15, 0.2) is 0 Å². The fourth-order valence-electron chi connectivity index (χ4n) is 7.85. The second-order valence-corrected chi connectivity index (χ2v) is 14.8. The van der Waals surface area contributed by atoms with E-state index < -0.39 is 12.5 Å². The van der Waals surface area contributed by atoms with Crippen molar-refractivity contribution in [3.8, 4) is 0 Å². The Balaban J connectivity index is 0.000000160. The molecule has 0 saturated heterocycles. The normalized spacial score (nSPS) is 14.7. The lowest BCUT2D eigenvalue weighted by Gasteiger charge is -2.29. The first-order valence-electron chi connectivity index (χ1n) is 19.5. The van der Waals surface area contributed by atoms with E-state index in [4.69, 9.17) is 14.8 Å². The van der Waals surface area contributed by atoms with E-state index >= 15 is 0 Å². The molecular weight excluding hydrogens is 778 g/mol. The monoisotopic (exact) mass is 820 g/mol. The average molecular weight is 821 g/mol. The molecule has 6 heterocycles. The maximum atomic E-state index is 12.6. The molecule has 0 atom stereocenters. The van der Waals surface area contributed by atoms with Crippen molar-refractivity contribution in [2.75, 3.05) is 0 Å². The van der Waals surface area contributed by atoms with Crippen molar-refractivity contribution in [2.45, 2.75) is 65.7 Å². The van der Waals surface area contributed by atoms with Crippen LogP contribution in [0.2, 0.25) is 0 Å². The Labute approximate surface area is 352 Å². The molecule has 308 valence electrons. The molecule has 0 saturated carbocycles. The van der Waals surface area contributed by atoms with Gasteiger partial charge in [-0.15, -0.1) is 0 Å². The van der Waals surface area contributed by atoms with Gasteiger partial charge in [-0.25, -0.2) is 0 Å². The summed E-state index contributed by atoms with van der Waals surface area (Å²) in [6, 6.07) is 37.2. The van der Waals surface area contributed by atoms with Crippen LogP contribution in [0.15, 0.2) is 144 Å². The van der Waals surface area contributed by atoms with E-state index in [1.165, 1.54) is 33.4 Å². The smallest absolute Gasteiger partial charge is 0.334 e. The van der Waals surface area contributed by atoms with Gasteiger partial charge in [-0.05, 0) is 80.9 Å². The molecule has 0 unspecified atom stereocenters. The summed E-state index contributed by atoms with van der Waals surface area (Å²) >= 11 is 0. The largest absolute Gasteiger partial charge is 0.446 e. The Morgan fingerprint density at radius 1 is 0.541 bits per heavy atom. The van der Waals surface area contributed by atoms with Crippen LogP contribution in [0.1, 0.15) is 74.2 Å². The van der Waals surface area contributed by atoms with E-state index in [0.29, 0.717) is 52.1 Å². The van der Waals surface area contributed by atoms with Gasteiger partial charge in [-0.3, -0.25) is 34.3 Å². The van der Waals surface area contributed by atoms with E-state index in [9.17, 15) is 22.8 Å². The number of benzene rings is 4. The molecule has 10 rings (SSSR count). The first kappa shape index (κ1) is 42.1. The highest BCUT2D eigenvalue weighted by atomic mass is 19.4. The molecule has 4 aromatic carbocycles. The minimum Gasteiger partial charge on any atom is -0.334 e. The number of aldehydes is 1. The number of rotatable bonds is 6. The third kappa shape index (κ3) is 9.87. The summed E-state index contributed by atoms with van der Waals surface area (Å²) in [5.41, 5.74) is 16.1. The van der Waals surface area contributed by atoms with Gasteiger partial charge in [-0.2, -0.15) is 13.2 Å². The number of fused-ring (bicyclic) bond motifs is 4.